The summed E-state index contributed by atoms with van der Waals surface area (Å²) in [6.07, 6.45) is 1.93. The number of rotatable bonds is 1. The van der Waals surface area contributed by atoms with Gasteiger partial charge in [-0.2, -0.15) is 0 Å². The molecule has 1 saturated heterocycles. The summed E-state index contributed by atoms with van der Waals surface area (Å²) in [4.78, 5) is 14.3. The van der Waals surface area contributed by atoms with Crippen molar-refractivity contribution < 1.29 is 4.79 Å². The molecule has 0 spiro atoms. The predicted octanol–water partition coefficient (Wildman–Crippen LogP) is 3.03. The highest BCUT2D eigenvalue weighted by molar-refractivity contribution is 9.10. The third kappa shape index (κ3) is 1.75. The Labute approximate surface area is 115 Å². The van der Waals surface area contributed by atoms with Crippen molar-refractivity contribution in [3.63, 3.8) is 0 Å². The van der Waals surface area contributed by atoms with Crippen LogP contribution in [-0.4, -0.2) is 28.5 Å². The van der Waals surface area contributed by atoms with Crippen molar-refractivity contribution >= 4 is 32.7 Å². The van der Waals surface area contributed by atoms with Gasteiger partial charge in [0.1, 0.15) is 0 Å². The second-order valence-corrected chi connectivity index (χ2v) is 6.05. The van der Waals surface area contributed by atoms with E-state index >= 15 is 0 Å². The van der Waals surface area contributed by atoms with Crippen LogP contribution in [0.15, 0.2) is 28.9 Å². The SMILES string of the molecule is CC1CN(C(=O)c2cn(C)c3cc(Br)ccc23)C1. The lowest BCUT2D eigenvalue weighted by Crippen LogP contribution is -2.48. The summed E-state index contributed by atoms with van der Waals surface area (Å²) in [6, 6.07) is 6.04. The van der Waals surface area contributed by atoms with Crippen LogP contribution in [0.5, 0.6) is 0 Å². The maximum atomic E-state index is 12.4. The molecular formula is C14H15BrN2O. The minimum absolute atomic E-state index is 0.154. The first-order valence-corrected chi connectivity index (χ1v) is 6.89. The van der Waals surface area contributed by atoms with Gasteiger partial charge in [0.2, 0.25) is 0 Å². The lowest BCUT2D eigenvalue weighted by molar-refractivity contribution is 0.0532. The predicted molar refractivity (Wildman–Crippen MR) is 75.7 cm³/mol. The zero-order chi connectivity index (χ0) is 12.9. The van der Waals surface area contributed by atoms with Gasteiger partial charge in [0.15, 0.2) is 0 Å². The molecule has 0 radical (unpaired) electrons. The number of halogens is 1. The van der Waals surface area contributed by atoms with Crippen molar-refractivity contribution in [2.24, 2.45) is 13.0 Å². The summed E-state index contributed by atoms with van der Waals surface area (Å²) < 4.78 is 3.05. The van der Waals surface area contributed by atoms with E-state index in [1.165, 1.54) is 0 Å². The third-order valence-electron chi connectivity index (χ3n) is 3.53. The normalized spacial score (nSPS) is 16.1. The van der Waals surface area contributed by atoms with Gasteiger partial charge in [0.05, 0.1) is 5.56 Å². The van der Waals surface area contributed by atoms with Crippen LogP contribution in [0.1, 0.15) is 17.3 Å². The molecule has 1 fully saturated rings. The fraction of sp³-hybridized carbons (Fsp3) is 0.357. The fourth-order valence-electron chi connectivity index (χ4n) is 2.56. The van der Waals surface area contributed by atoms with E-state index in [4.69, 9.17) is 0 Å². The van der Waals surface area contributed by atoms with Crippen LogP contribution in [-0.2, 0) is 7.05 Å². The molecule has 1 aromatic heterocycles. The molecule has 1 amide bonds. The summed E-state index contributed by atoms with van der Waals surface area (Å²) in [6.45, 7) is 3.93. The van der Waals surface area contributed by atoms with Gasteiger partial charge in [-0.3, -0.25) is 4.79 Å². The van der Waals surface area contributed by atoms with E-state index in [2.05, 4.69) is 22.9 Å². The van der Waals surface area contributed by atoms with Crippen molar-refractivity contribution in [1.29, 1.82) is 0 Å². The van der Waals surface area contributed by atoms with Crippen LogP contribution in [0.25, 0.3) is 10.9 Å². The number of hydrogen-bond donors (Lipinski definition) is 0. The molecule has 4 heteroatoms. The Morgan fingerprint density at radius 1 is 1.39 bits per heavy atom. The Balaban J connectivity index is 2.04. The van der Waals surface area contributed by atoms with E-state index in [1.807, 2.05) is 40.9 Å². The third-order valence-corrected chi connectivity index (χ3v) is 4.03. The van der Waals surface area contributed by atoms with E-state index in [-0.39, 0.29) is 5.91 Å². The molecule has 2 heterocycles. The monoisotopic (exact) mass is 306 g/mol. The molecule has 94 valence electrons. The topological polar surface area (TPSA) is 25.2 Å². The Hall–Kier alpha value is -1.29. The Kier molecular flexibility index (Phi) is 2.70. The molecule has 1 aliphatic heterocycles. The first-order chi connectivity index (χ1) is 8.56. The molecule has 1 aliphatic rings. The minimum atomic E-state index is 0.154. The lowest BCUT2D eigenvalue weighted by atomic mass is 10.0. The number of carbonyl (C=O) groups excluding carboxylic acids is 1. The van der Waals surface area contributed by atoms with Crippen LogP contribution in [0.2, 0.25) is 0 Å². The van der Waals surface area contributed by atoms with E-state index < -0.39 is 0 Å². The molecule has 2 aromatic rings. The number of fused-ring (bicyclic) bond motifs is 1. The summed E-state index contributed by atoms with van der Waals surface area (Å²) in [5, 5.41) is 1.03. The molecule has 3 nitrogen and oxygen atoms in total. The standard InChI is InChI=1S/C14H15BrN2O/c1-9-6-17(7-9)14(18)12-8-16(2)13-5-10(15)3-4-11(12)13/h3-5,8-9H,6-7H2,1-2H3. The van der Waals surface area contributed by atoms with E-state index in [0.717, 1.165) is 34.0 Å². The summed E-state index contributed by atoms with van der Waals surface area (Å²) in [7, 11) is 1.98. The molecule has 0 unspecified atom stereocenters. The average molecular weight is 307 g/mol. The van der Waals surface area contributed by atoms with Crippen LogP contribution >= 0.6 is 15.9 Å². The molecule has 0 bridgehead atoms. The van der Waals surface area contributed by atoms with Crippen molar-refractivity contribution in [2.75, 3.05) is 13.1 Å². The lowest BCUT2D eigenvalue weighted by Gasteiger charge is -2.37. The van der Waals surface area contributed by atoms with Gasteiger partial charge in [0.25, 0.3) is 5.91 Å². The van der Waals surface area contributed by atoms with Crippen LogP contribution < -0.4 is 0 Å². The van der Waals surface area contributed by atoms with E-state index in [0.29, 0.717) is 5.92 Å². The molecule has 0 atom stereocenters. The summed E-state index contributed by atoms with van der Waals surface area (Å²) >= 11 is 3.47. The van der Waals surface area contributed by atoms with Gasteiger partial charge in [-0.15, -0.1) is 0 Å². The van der Waals surface area contributed by atoms with Crippen LogP contribution in [0.4, 0.5) is 0 Å². The van der Waals surface area contributed by atoms with Gasteiger partial charge in [-0.25, -0.2) is 0 Å². The zero-order valence-corrected chi connectivity index (χ0v) is 12.1. The first-order valence-electron chi connectivity index (χ1n) is 6.10. The molecule has 0 aliphatic carbocycles. The largest absolute Gasteiger partial charge is 0.350 e. The van der Waals surface area contributed by atoms with Gasteiger partial charge in [-0.05, 0) is 18.1 Å². The number of carbonyl (C=O) groups is 1. The molecule has 0 N–H and O–H groups in total. The van der Waals surface area contributed by atoms with Crippen molar-refractivity contribution in [3.05, 3.63) is 34.4 Å². The van der Waals surface area contributed by atoms with Crippen molar-refractivity contribution in [3.8, 4) is 0 Å². The van der Waals surface area contributed by atoms with Crippen LogP contribution in [0, 0.1) is 5.92 Å². The maximum Gasteiger partial charge on any atom is 0.256 e. The zero-order valence-electron chi connectivity index (χ0n) is 10.5. The van der Waals surface area contributed by atoms with Gasteiger partial charge in [-0.1, -0.05) is 28.9 Å². The number of aryl methyl sites for hydroxylation is 1. The molecular weight excluding hydrogens is 292 g/mol. The molecule has 3 rings (SSSR count). The fourth-order valence-corrected chi connectivity index (χ4v) is 2.91. The Morgan fingerprint density at radius 3 is 2.78 bits per heavy atom. The summed E-state index contributed by atoms with van der Waals surface area (Å²) in [5.74, 6) is 0.791. The number of hydrogen-bond acceptors (Lipinski definition) is 1. The average Bonchev–Trinajstić information content (AvgIpc) is 2.62. The number of likely N-dealkylation sites (tertiary alicyclic amines) is 1. The molecule has 0 saturated carbocycles. The number of amides is 1. The van der Waals surface area contributed by atoms with Crippen molar-refractivity contribution in [1.82, 2.24) is 9.47 Å². The first kappa shape index (κ1) is 11.8. The minimum Gasteiger partial charge on any atom is -0.350 e. The second kappa shape index (κ2) is 4.12. The van der Waals surface area contributed by atoms with Crippen LogP contribution in [0.3, 0.4) is 0 Å². The number of benzene rings is 1. The highest BCUT2D eigenvalue weighted by atomic mass is 79.9. The van der Waals surface area contributed by atoms with Crippen molar-refractivity contribution in [2.45, 2.75) is 6.92 Å². The smallest absolute Gasteiger partial charge is 0.256 e. The number of nitrogens with zero attached hydrogens (tertiary/aromatic N) is 2. The Bertz CT molecular complexity index is 626. The van der Waals surface area contributed by atoms with Gasteiger partial charge < -0.3 is 9.47 Å². The second-order valence-electron chi connectivity index (χ2n) is 5.13. The molecule has 1 aromatic carbocycles. The molecule has 18 heavy (non-hydrogen) atoms. The highest BCUT2D eigenvalue weighted by Crippen LogP contribution is 2.27. The van der Waals surface area contributed by atoms with E-state index in [1.54, 1.807) is 0 Å². The Morgan fingerprint density at radius 2 is 2.11 bits per heavy atom. The summed E-state index contributed by atoms with van der Waals surface area (Å²) in [5.41, 5.74) is 1.90. The van der Waals surface area contributed by atoms with Gasteiger partial charge >= 0.3 is 0 Å². The number of aromatic nitrogens is 1. The van der Waals surface area contributed by atoms with E-state index in [9.17, 15) is 4.79 Å². The quantitative estimate of drug-likeness (QED) is 0.795. The maximum absolute atomic E-state index is 12.4. The highest BCUT2D eigenvalue weighted by Gasteiger charge is 2.29. The van der Waals surface area contributed by atoms with Gasteiger partial charge in [0, 0.05) is 41.7 Å².